The number of fused-ring (bicyclic) bond motifs is 2. The monoisotopic (exact) mass is 415 g/mol. The third kappa shape index (κ3) is 3.01. The first-order valence-corrected chi connectivity index (χ1v) is 11.7. The Morgan fingerprint density at radius 1 is 1.00 bits per heavy atom. The van der Waals surface area contributed by atoms with Gasteiger partial charge in [-0.1, -0.05) is 49.2 Å². The van der Waals surface area contributed by atoms with Gasteiger partial charge in [-0.3, -0.25) is 4.79 Å². The molecule has 3 atom stereocenters. The number of hydrogen-bond donors (Lipinski definition) is 1. The fourth-order valence-corrected chi connectivity index (χ4v) is 6.01. The van der Waals surface area contributed by atoms with Crippen LogP contribution in [0.1, 0.15) is 72.7 Å². The number of carbonyl (C=O) groups excluding carboxylic acids is 1. The van der Waals surface area contributed by atoms with Crippen LogP contribution in [0, 0.1) is 5.92 Å². The molecule has 5 nitrogen and oxygen atoms in total. The maximum absolute atomic E-state index is 13.8. The fraction of sp³-hybridized carbons (Fsp3) is 0.462. The Kier molecular flexibility index (Phi) is 4.42. The molecular weight excluding hydrogens is 386 g/mol. The van der Waals surface area contributed by atoms with Gasteiger partial charge in [0.05, 0.1) is 11.1 Å². The predicted molar refractivity (Wildman–Crippen MR) is 119 cm³/mol. The number of amides is 1. The number of pyridine rings is 1. The minimum absolute atomic E-state index is 0.0302. The van der Waals surface area contributed by atoms with Gasteiger partial charge in [-0.05, 0) is 49.8 Å². The molecule has 3 fully saturated rings. The molecule has 1 N–H and O–H groups in total. The molecule has 1 unspecified atom stereocenters. The van der Waals surface area contributed by atoms with Gasteiger partial charge in [-0.15, -0.1) is 0 Å². The van der Waals surface area contributed by atoms with Crippen LogP contribution in [0.15, 0.2) is 54.7 Å². The Morgan fingerprint density at radius 2 is 1.77 bits per heavy atom. The summed E-state index contributed by atoms with van der Waals surface area (Å²) >= 11 is 0. The lowest BCUT2D eigenvalue weighted by molar-refractivity contribution is -0.110. The number of hydrogen-bond acceptors (Lipinski definition) is 3. The average Bonchev–Trinajstić information content (AvgIpc) is 3.60. The maximum Gasteiger partial charge on any atom is 0.274 e. The van der Waals surface area contributed by atoms with Crippen LogP contribution >= 0.6 is 0 Å². The smallest absolute Gasteiger partial charge is 0.274 e. The summed E-state index contributed by atoms with van der Waals surface area (Å²) in [7, 11) is 0. The van der Waals surface area contributed by atoms with E-state index in [1.54, 1.807) is 0 Å². The molecule has 0 spiro atoms. The highest BCUT2D eigenvalue weighted by atomic mass is 16.3. The lowest BCUT2D eigenvalue weighted by Crippen LogP contribution is -2.59. The van der Waals surface area contributed by atoms with Crippen molar-refractivity contribution in [2.45, 2.75) is 62.5 Å². The van der Waals surface area contributed by atoms with E-state index in [-0.39, 0.29) is 17.9 Å². The molecule has 0 bridgehead atoms. The van der Waals surface area contributed by atoms with Crippen LogP contribution in [0.5, 0.6) is 0 Å². The van der Waals surface area contributed by atoms with Gasteiger partial charge in [0, 0.05) is 30.6 Å². The van der Waals surface area contributed by atoms with E-state index >= 15 is 0 Å². The summed E-state index contributed by atoms with van der Waals surface area (Å²) < 4.78 is 2.10. The van der Waals surface area contributed by atoms with Crippen molar-refractivity contribution < 1.29 is 9.90 Å². The number of imidazole rings is 1. The summed E-state index contributed by atoms with van der Waals surface area (Å²) in [6.45, 7) is 0.565. The zero-order chi connectivity index (χ0) is 21.0. The van der Waals surface area contributed by atoms with Gasteiger partial charge in [-0.25, -0.2) is 4.98 Å². The fourth-order valence-electron chi connectivity index (χ4n) is 6.01. The van der Waals surface area contributed by atoms with E-state index < -0.39 is 5.60 Å². The van der Waals surface area contributed by atoms with Gasteiger partial charge < -0.3 is 14.4 Å². The van der Waals surface area contributed by atoms with Crippen molar-refractivity contribution in [3.05, 3.63) is 71.8 Å². The van der Waals surface area contributed by atoms with Crippen molar-refractivity contribution >= 4 is 11.4 Å². The Bertz CT molecular complexity index is 1120. The van der Waals surface area contributed by atoms with E-state index in [1.165, 1.54) is 0 Å². The van der Waals surface area contributed by atoms with Gasteiger partial charge in [0.15, 0.2) is 5.69 Å². The number of likely N-dealkylation sites (tertiary alicyclic amines) is 1. The number of carbonyl (C=O) groups is 1. The molecule has 2 saturated carbocycles. The molecule has 1 aromatic carbocycles. The van der Waals surface area contributed by atoms with E-state index in [1.807, 2.05) is 59.6 Å². The molecule has 1 aliphatic heterocycles. The zero-order valence-corrected chi connectivity index (χ0v) is 17.8. The number of piperidine rings is 1. The third-order valence-corrected chi connectivity index (χ3v) is 7.73. The molecule has 160 valence electrons. The summed E-state index contributed by atoms with van der Waals surface area (Å²) in [5.74, 6) is 1.60. The first kappa shape index (κ1) is 19.1. The van der Waals surface area contributed by atoms with Gasteiger partial charge in [0.1, 0.15) is 5.82 Å². The van der Waals surface area contributed by atoms with E-state index in [9.17, 15) is 9.90 Å². The van der Waals surface area contributed by atoms with Gasteiger partial charge >= 0.3 is 0 Å². The average molecular weight is 416 g/mol. The third-order valence-electron chi connectivity index (χ3n) is 7.73. The standard InChI is InChI=1S/C26H29N3O2/c30-25(23-22-12-6-7-16-28(22)24(27-23)18-13-14-18)29-17-15-26(31,19-8-2-1-3-9-19)20-10-4-5-11-21(20)29/h1-3,6-9,12,16,18,20-21,31H,4-5,10-11,13-15,17H2/t20-,21?,26-/m1/s1. The number of rotatable bonds is 3. The quantitative estimate of drug-likeness (QED) is 0.685. The molecule has 3 aliphatic rings. The van der Waals surface area contributed by atoms with E-state index in [0.29, 0.717) is 24.6 Å². The van der Waals surface area contributed by atoms with Crippen LogP contribution < -0.4 is 0 Å². The second-order valence-corrected chi connectivity index (χ2v) is 9.55. The molecule has 2 aliphatic carbocycles. The van der Waals surface area contributed by atoms with E-state index in [2.05, 4.69) is 4.40 Å². The predicted octanol–water partition coefficient (Wildman–Crippen LogP) is 4.50. The minimum atomic E-state index is -0.863. The Hall–Kier alpha value is -2.66. The first-order chi connectivity index (χ1) is 15.2. The molecule has 1 saturated heterocycles. The molecule has 3 heterocycles. The van der Waals surface area contributed by atoms with Crippen LogP contribution in [0.4, 0.5) is 0 Å². The highest BCUT2D eigenvalue weighted by Gasteiger charge is 2.50. The van der Waals surface area contributed by atoms with Crippen molar-refractivity contribution in [2.24, 2.45) is 5.92 Å². The summed E-state index contributed by atoms with van der Waals surface area (Å²) in [5.41, 5.74) is 1.61. The molecule has 3 aromatic rings. The van der Waals surface area contributed by atoms with Crippen LogP contribution in [0.25, 0.3) is 5.52 Å². The largest absolute Gasteiger partial charge is 0.385 e. The lowest BCUT2D eigenvalue weighted by atomic mass is 9.66. The molecule has 2 aromatic heterocycles. The number of nitrogens with zero attached hydrogens (tertiary/aromatic N) is 3. The first-order valence-electron chi connectivity index (χ1n) is 11.7. The molecule has 1 amide bonds. The Morgan fingerprint density at radius 3 is 2.58 bits per heavy atom. The van der Waals surface area contributed by atoms with E-state index in [4.69, 9.17) is 4.98 Å². The normalized spacial score (nSPS) is 28.5. The van der Waals surface area contributed by atoms with Crippen LogP contribution in [-0.2, 0) is 5.60 Å². The molecule has 0 radical (unpaired) electrons. The Labute approximate surface area is 182 Å². The summed E-state index contributed by atoms with van der Waals surface area (Å²) in [6.07, 6.45) is 9.03. The van der Waals surface area contributed by atoms with Crippen molar-refractivity contribution in [1.82, 2.24) is 14.3 Å². The van der Waals surface area contributed by atoms with Gasteiger partial charge in [0.2, 0.25) is 0 Å². The second-order valence-electron chi connectivity index (χ2n) is 9.55. The topological polar surface area (TPSA) is 57.8 Å². The lowest BCUT2D eigenvalue weighted by Gasteiger charge is -2.52. The molecular formula is C26H29N3O2. The SMILES string of the molecule is O=C(c1nc(C2CC2)n2ccccc12)N1CC[C@@](O)(c2ccccc2)[C@@H]2CCCCC21. The van der Waals surface area contributed by atoms with Gasteiger partial charge in [0.25, 0.3) is 5.91 Å². The summed E-state index contributed by atoms with van der Waals surface area (Å²) in [4.78, 5) is 20.7. The summed E-state index contributed by atoms with van der Waals surface area (Å²) in [5, 5.41) is 11.8. The van der Waals surface area contributed by atoms with Crippen molar-refractivity contribution in [1.29, 1.82) is 0 Å². The van der Waals surface area contributed by atoms with Gasteiger partial charge in [-0.2, -0.15) is 0 Å². The zero-order valence-electron chi connectivity index (χ0n) is 17.8. The number of aliphatic hydroxyl groups is 1. The second kappa shape index (κ2) is 7.20. The number of benzene rings is 1. The summed E-state index contributed by atoms with van der Waals surface area (Å²) in [6, 6.07) is 16.1. The molecule has 5 heteroatoms. The molecule has 6 rings (SSSR count). The maximum atomic E-state index is 13.8. The highest BCUT2D eigenvalue weighted by molar-refractivity contribution is 5.99. The van der Waals surface area contributed by atoms with Crippen LogP contribution in [0.3, 0.4) is 0 Å². The highest BCUT2D eigenvalue weighted by Crippen LogP contribution is 2.47. The van der Waals surface area contributed by atoms with Crippen molar-refractivity contribution in [3.63, 3.8) is 0 Å². The van der Waals surface area contributed by atoms with E-state index in [0.717, 1.165) is 55.4 Å². The van der Waals surface area contributed by atoms with Crippen LogP contribution in [-0.4, -0.2) is 37.9 Å². The van der Waals surface area contributed by atoms with Crippen molar-refractivity contribution in [3.8, 4) is 0 Å². The number of aromatic nitrogens is 2. The van der Waals surface area contributed by atoms with Crippen LogP contribution in [0.2, 0.25) is 0 Å². The van der Waals surface area contributed by atoms with Crippen molar-refractivity contribution in [2.75, 3.05) is 6.54 Å². The Balaban J connectivity index is 1.37. The minimum Gasteiger partial charge on any atom is -0.385 e. The molecule has 31 heavy (non-hydrogen) atoms.